The molecule has 6 N–H and O–H groups in total. The van der Waals surface area contributed by atoms with Gasteiger partial charge in [0.05, 0.1) is 18.2 Å². The van der Waals surface area contributed by atoms with E-state index in [9.17, 15) is 19.2 Å². The number of nitrogens with one attached hydrogen (secondary N) is 6. The van der Waals surface area contributed by atoms with Crippen molar-refractivity contribution in [1.29, 1.82) is 0 Å². The first kappa shape index (κ1) is 31.0. The first-order valence-electron chi connectivity index (χ1n) is 16.0. The van der Waals surface area contributed by atoms with Crippen LogP contribution in [-0.4, -0.2) is 60.9 Å². The third-order valence-electron chi connectivity index (χ3n) is 9.11. The van der Waals surface area contributed by atoms with Crippen molar-refractivity contribution in [3.8, 4) is 0 Å². The van der Waals surface area contributed by atoms with Crippen molar-refractivity contribution in [3.05, 3.63) is 100 Å². The van der Waals surface area contributed by atoms with Crippen LogP contribution in [0.15, 0.2) is 78.2 Å². The Kier molecular flexibility index (Phi) is 8.99. The van der Waals surface area contributed by atoms with E-state index in [0.717, 1.165) is 38.0 Å². The first-order valence-corrected chi connectivity index (χ1v) is 16.9. The largest absolute Gasteiger partial charge is 0.353 e. The summed E-state index contributed by atoms with van der Waals surface area (Å²) < 4.78 is 1.10. The lowest BCUT2D eigenvalue weighted by molar-refractivity contribution is -0.132. The molecule has 1 unspecified atom stereocenters. The normalized spacial score (nSPS) is 20.8. The highest BCUT2D eigenvalue weighted by Crippen LogP contribution is 2.39. The van der Waals surface area contributed by atoms with E-state index in [2.05, 4.69) is 32.3 Å². The molecule has 1 aromatic heterocycles. The lowest BCUT2D eigenvalue weighted by Crippen LogP contribution is -2.58. The third-order valence-corrected chi connectivity index (χ3v) is 10.1. The van der Waals surface area contributed by atoms with E-state index in [4.69, 9.17) is 0 Å². The maximum Gasteiger partial charge on any atom is 0.250 e. The Hall–Kier alpha value is -4.62. The van der Waals surface area contributed by atoms with Gasteiger partial charge in [-0.05, 0) is 51.9 Å². The molecule has 0 spiro atoms. The highest BCUT2D eigenvalue weighted by Gasteiger charge is 2.44. The lowest BCUT2D eigenvalue weighted by atomic mass is 10.0. The molecule has 4 aromatic rings. The number of hydrazine groups is 2. The van der Waals surface area contributed by atoms with Crippen LogP contribution in [0, 0.1) is 0 Å². The molecule has 3 aliphatic rings. The van der Waals surface area contributed by atoms with Crippen LogP contribution >= 0.6 is 11.3 Å². The highest BCUT2D eigenvalue weighted by atomic mass is 32.1. The smallest absolute Gasteiger partial charge is 0.250 e. The summed E-state index contributed by atoms with van der Waals surface area (Å²) >= 11 is 1.58. The van der Waals surface area contributed by atoms with Crippen molar-refractivity contribution in [3.63, 3.8) is 0 Å². The summed E-state index contributed by atoms with van der Waals surface area (Å²) in [6, 6.07) is 20.9. The van der Waals surface area contributed by atoms with Crippen molar-refractivity contribution in [2.45, 2.75) is 56.3 Å². The SMILES string of the molecule is O=C(Cc1csc2ccccc12)N[C@@H](Cc1ccccc1)C(=O)N[C@H]1CCc2cccc3c2N(C1=O)[C@H](C(=O)NCC1CNNN1)C3. The van der Waals surface area contributed by atoms with Gasteiger partial charge < -0.3 is 16.0 Å². The van der Waals surface area contributed by atoms with Gasteiger partial charge in [0.1, 0.15) is 18.1 Å². The molecule has 4 atom stereocenters. The topological polar surface area (TPSA) is 144 Å². The van der Waals surface area contributed by atoms with Gasteiger partial charge >= 0.3 is 0 Å². The van der Waals surface area contributed by atoms with E-state index >= 15 is 0 Å². The number of benzene rings is 3. The number of nitrogens with zero attached hydrogens (tertiary/aromatic N) is 1. The quantitative estimate of drug-likeness (QED) is 0.153. The van der Waals surface area contributed by atoms with Gasteiger partial charge in [0, 0.05) is 30.6 Å². The molecule has 0 bridgehead atoms. The Morgan fingerprint density at radius 3 is 2.62 bits per heavy atom. The molecule has 12 heteroatoms. The van der Waals surface area contributed by atoms with Gasteiger partial charge in [-0.3, -0.25) is 24.1 Å². The van der Waals surface area contributed by atoms with Crippen molar-refractivity contribution >= 4 is 50.7 Å². The van der Waals surface area contributed by atoms with Gasteiger partial charge in [-0.1, -0.05) is 66.7 Å². The molecule has 1 fully saturated rings. The predicted molar refractivity (Wildman–Crippen MR) is 180 cm³/mol. The summed E-state index contributed by atoms with van der Waals surface area (Å²) in [6.45, 7) is 1.04. The van der Waals surface area contributed by atoms with Gasteiger partial charge in [-0.25, -0.2) is 10.9 Å². The summed E-state index contributed by atoms with van der Waals surface area (Å²) in [5.74, 6) is -1.27. The van der Waals surface area contributed by atoms with Gasteiger partial charge in [-0.2, -0.15) is 5.53 Å². The molecular weight excluding hydrogens is 614 g/mol. The number of amides is 4. The van der Waals surface area contributed by atoms with Crippen LogP contribution < -0.4 is 37.2 Å². The molecule has 11 nitrogen and oxygen atoms in total. The Bertz CT molecular complexity index is 1810. The van der Waals surface area contributed by atoms with E-state index in [1.165, 1.54) is 0 Å². The average Bonchev–Trinajstić information content (AvgIpc) is 3.83. The summed E-state index contributed by atoms with van der Waals surface area (Å²) in [5, 5.41) is 11.9. The second-order valence-corrected chi connectivity index (χ2v) is 13.2. The van der Waals surface area contributed by atoms with Crippen LogP contribution in [0.4, 0.5) is 5.69 Å². The standard InChI is InChI=1S/C35H37N7O4S/c43-31(17-24-20-47-30-12-5-4-11-26(24)30)38-28(15-21-7-2-1-3-8-21)33(44)39-27-14-13-22-9-6-10-23-16-29(42(32(22)23)35(27)46)34(45)36-18-25-19-37-41-40-25/h1-12,20,25,27-29,37,40-41H,13-19H2,(H,36,45)(H,38,43)(H,39,44)/t25?,27-,28-,29-/m0/s1. The summed E-state index contributed by atoms with van der Waals surface area (Å²) in [5.41, 5.74) is 13.3. The van der Waals surface area contributed by atoms with E-state index in [1.807, 2.05) is 78.2 Å². The fourth-order valence-corrected chi connectivity index (χ4v) is 7.70. The zero-order valence-electron chi connectivity index (χ0n) is 25.8. The molecule has 3 aliphatic heterocycles. The molecule has 242 valence electrons. The second kappa shape index (κ2) is 13.6. The van der Waals surface area contributed by atoms with Crippen LogP contribution in [-0.2, 0) is 44.9 Å². The molecule has 4 heterocycles. The van der Waals surface area contributed by atoms with Crippen LogP contribution in [0.3, 0.4) is 0 Å². The Balaban J connectivity index is 1.09. The summed E-state index contributed by atoms with van der Waals surface area (Å²) in [7, 11) is 0. The van der Waals surface area contributed by atoms with E-state index < -0.39 is 24.0 Å². The lowest BCUT2D eigenvalue weighted by Gasteiger charge is -2.29. The van der Waals surface area contributed by atoms with E-state index in [1.54, 1.807) is 16.2 Å². The second-order valence-electron chi connectivity index (χ2n) is 12.3. The zero-order valence-corrected chi connectivity index (χ0v) is 26.6. The number of rotatable bonds is 10. The number of thiophene rings is 1. The monoisotopic (exact) mass is 651 g/mol. The maximum atomic E-state index is 14.2. The molecule has 4 amide bonds. The number of carbonyl (C=O) groups excluding carboxylic acids is 4. The Morgan fingerprint density at radius 1 is 0.979 bits per heavy atom. The van der Waals surface area contributed by atoms with Crippen molar-refractivity contribution in [2.75, 3.05) is 18.0 Å². The van der Waals surface area contributed by atoms with Gasteiger partial charge in [-0.15, -0.1) is 11.3 Å². The van der Waals surface area contributed by atoms with E-state index in [0.29, 0.717) is 32.4 Å². The number of hydrogen-bond donors (Lipinski definition) is 6. The van der Waals surface area contributed by atoms with Crippen molar-refractivity contribution in [2.24, 2.45) is 0 Å². The third kappa shape index (κ3) is 6.63. The van der Waals surface area contributed by atoms with Crippen LogP contribution in [0.25, 0.3) is 10.1 Å². The molecular formula is C35H37N7O4S. The maximum absolute atomic E-state index is 14.2. The van der Waals surface area contributed by atoms with Crippen molar-refractivity contribution in [1.82, 2.24) is 32.3 Å². The zero-order chi connectivity index (χ0) is 32.3. The molecule has 0 saturated carbocycles. The molecule has 0 radical (unpaired) electrons. The van der Waals surface area contributed by atoms with Crippen molar-refractivity contribution < 1.29 is 19.2 Å². The van der Waals surface area contributed by atoms with Crippen LogP contribution in [0.2, 0.25) is 0 Å². The number of anilines is 1. The number of carbonyl (C=O) groups is 4. The van der Waals surface area contributed by atoms with Gasteiger partial charge in [0.15, 0.2) is 0 Å². The molecule has 1 saturated heterocycles. The predicted octanol–water partition coefficient (Wildman–Crippen LogP) is 1.66. The molecule has 3 aromatic carbocycles. The minimum atomic E-state index is -0.900. The minimum Gasteiger partial charge on any atom is -0.353 e. The average molecular weight is 652 g/mol. The fraction of sp³-hybridized carbons (Fsp3) is 0.314. The first-order chi connectivity index (χ1) is 22.9. The van der Waals surface area contributed by atoms with Crippen LogP contribution in [0.1, 0.15) is 28.7 Å². The number of fused-ring (bicyclic) bond motifs is 1. The number of para-hydroxylation sites is 1. The van der Waals surface area contributed by atoms with Gasteiger partial charge in [0.25, 0.3) is 0 Å². The fourth-order valence-electron chi connectivity index (χ4n) is 6.74. The van der Waals surface area contributed by atoms with Crippen LogP contribution in [0.5, 0.6) is 0 Å². The summed E-state index contributed by atoms with van der Waals surface area (Å²) in [6.07, 6.45) is 1.74. The molecule has 7 rings (SSSR count). The van der Waals surface area contributed by atoms with Gasteiger partial charge in [0.2, 0.25) is 23.6 Å². The number of aryl methyl sites for hydroxylation is 1. The Labute approximate surface area is 276 Å². The summed E-state index contributed by atoms with van der Waals surface area (Å²) in [4.78, 5) is 56.7. The minimum absolute atomic E-state index is 0.0142. The van der Waals surface area contributed by atoms with E-state index in [-0.39, 0.29) is 36.6 Å². The highest BCUT2D eigenvalue weighted by molar-refractivity contribution is 7.17. The number of hydrogen-bond acceptors (Lipinski definition) is 8. The Morgan fingerprint density at radius 2 is 1.79 bits per heavy atom. The molecule has 47 heavy (non-hydrogen) atoms. The molecule has 0 aliphatic carbocycles.